The molecular weight excluding hydrogens is 184 g/mol. The van der Waals surface area contributed by atoms with Crippen molar-refractivity contribution < 1.29 is 4.79 Å². The summed E-state index contributed by atoms with van der Waals surface area (Å²) >= 11 is 3.29. The zero-order valence-corrected chi connectivity index (χ0v) is 7.18. The Morgan fingerprint density at radius 1 is 1.89 bits per heavy atom. The average Bonchev–Trinajstić information content (AvgIpc) is 1.63. The Hall–Kier alpha value is -0.250. The van der Waals surface area contributed by atoms with Crippen molar-refractivity contribution in [3.63, 3.8) is 0 Å². The highest BCUT2D eigenvalue weighted by Gasteiger charge is 2.04. The molecule has 0 fully saturated rings. The molecule has 0 saturated carbocycles. The smallest absolute Gasteiger partial charge is 0.314 e. The first kappa shape index (κ1) is 8.75. The summed E-state index contributed by atoms with van der Waals surface area (Å²) in [6.07, 6.45) is 0. The summed E-state index contributed by atoms with van der Waals surface area (Å²) in [4.78, 5) is 12.1. The third kappa shape index (κ3) is 4.27. The first-order chi connectivity index (χ1) is 4.04. The van der Waals surface area contributed by atoms with E-state index >= 15 is 0 Å². The minimum atomic E-state index is -0.388. The summed E-state index contributed by atoms with van der Waals surface area (Å²) in [6, 6.07) is -0.388. The highest BCUT2D eigenvalue weighted by atomic mass is 79.9. The molecule has 0 aliphatic carbocycles. The van der Waals surface area contributed by atoms with E-state index < -0.39 is 0 Å². The molecule has 0 saturated heterocycles. The molecular formula is C5H11BrN2O. The molecule has 4 heteroatoms. The molecule has 0 spiro atoms. The van der Waals surface area contributed by atoms with Crippen molar-refractivity contribution in [1.29, 1.82) is 0 Å². The molecule has 0 aliphatic heterocycles. The number of carbonyl (C=O) groups excluding carboxylic acids is 1. The molecule has 0 radical (unpaired) electrons. The molecule has 9 heavy (non-hydrogen) atoms. The number of hydrogen-bond donors (Lipinski definition) is 1. The van der Waals surface area contributed by atoms with Gasteiger partial charge in [-0.15, -0.1) is 0 Å². The van der Waals surface area contributed by atoms with Crippen molar-refractivity contribution in [2.75, 3.05) is 13.6 Å². The number of rotatable bonds is 2. The Morgan fingerprint density at radius 2 is 2.33 bits per heavy atom. The minimum Gasteiger partial charge on any atom is -0.351 e. The maximum Gasteiger partial charge on any atom is 0.314 e. The minimum absolute atomic E-state index is 0.301. The van der Waals surface area contributed by atoms with E-state index in [1.54, 1.807) is 7.05 Å². The summed E-state index contributed by atoms with van der Waals surface area (Å²) in [6.45, 7) is 2.61. The molecule has 0 heterocycles. The summed E-state index contributed by atoms with van der Waals surface area (Å²) in [5.41, 5.74) is 4.95. The number of halogens is 1. The molecule has 0 bridgehead atoms. The van der Waals surface area contributed by atoms with Crippen LogP contribution in [-0.2, 0) is 0 Å². The van der Waals surface area contributed by atoms with E-state index in [2.05, 4.69) is 15.9 Å². The Balaban J connectivity index is 3.50. The van der Waals surface area contributed by atoms with Gasteiger partial charge in [-0.1, -0.05) is 22.9 Å². The number of amides is 2. The average molecular weight is 195 g/mol. The highest BCUT2D eigenvalue weighted by Crippen LogP contribution is 1.98. The largest absolute Gasteiger partial charge is 0.351 e. The van der Waals surface area contributed by atoms with E-state index in [0.717, 1.165) is 0 Å². The van der Waals surface area contributed by atoms with Gasteiger partial charge in [0, 0.05) is 18.4 Å². The van der Waals surface area contributed by atoms with Gasteiger partial charge in [0.1, 0.15) is 0 Å². The second kappa shape index (κ2) is 3.71. The van der Waals surface area contributed by atoms with Crippen molar-refractivity contribution in [3.05, 3.63) is 0 Å². The van der Waals surface area contributed by atoms with Gasteiger partial charge in [-0.2, -0.15) is 0 Å². The highest BCUT2D eigenvalue weighted by molar-refractivity contribution is 9.09. The van der Waals surface area contributed by atoms with Crippen molar-refractivity contribution in [3.8, 4) is 0 Å². The van der Waals surface area contributed by atoms with E-state index in [1.807, 2.05) is 6.92 Å². The summed E-state index contributed by atoms with van der Waals surface area (Å²) in [7, 11) is 1.67. The number of nitrogens with two attached hydrogens (primary N) is 1. The predicted molar refractivity (Wildman–Crippen MR) is 40.6 cm³/mol. The predicted octanol–water partition coefficient (Wildman–Crippen LogP) is 0.780. The van der Waals surface area contributed by atoms with Crippen LogP contribution in [0.4, 0.5) is 4.79 Å². The summed E-state index contributed by atoms with van der Waals surface area (Å²) < 4.78 is 0. The number of carbonyl (C=O) groups is 1. The SMILES string of the molecule is CC(Br)CN(C)C(N)=O. The molecule has 1 unspecified atom stereocenters. The number of urea groups is 1. The van der Waals surface area contributed by atoms with E-state index in [-0.39, 0.29) is 6.03 Å². The fourth-order valence-corrected chi connectivity index (χ4v) is 0.902. The van der Waals surface area contributed by atoms with Crippen LogP contribution in [0, 0.1) is 0 Å². The quantitative estimate of drug-likeness (QED) is 0.650. The van der Waals surface area contributed by atoms with Crippen LogP contribution in [0.25, 0.3) is 0 Å². The molecule has 2 amide bonds. The first-order valence-corrected chi connectivity index (χ1v) is 3.60. The molecule has 0 aromatic heterocycles. The van der Waals surface area contributed by atoms with Crippen LogP contribution < -0.4 is 5.73 Å². The number of nitrogens with zero attached hydrogens (tertiary/aromatic N) is 1. The van der Waals surface area contributed by atoms with Gasteiger partial charge in [0.15, 0.2) is 0 Å². The zero-order chi connectivity index (χ0) is 7.44. The van der Waals surface area contributed by atoms with Gasteiger partial charge in [0.25, 0.3) is 0 Å². The fraction of sp³-hybridized carbons (Fsp3) is 0.800. The monoisotopic (exact) mass is 194 g/mol. The van der Waals surface area contributed by atoms with Gasteiger partial charge in [0.2, 0.25) is 0 Å². The summed E-state index contributed by atoms with van der Waals surface area (Å²) in [5.74, 6) is 0. The van der Waals surface area contributed by atoms with Crippen LogP contribution in [0.1, 0.15) is 6.92 Å². The topological polar surface area (TPSA) is 46.3 Å². The molecule has 1 atom stereocenters. The normalized spacial score (nSPS) is 12.8. The third-order valence-corrected chi connectivity index (χ3v) is 1.19. The van der Waals surface area contributed by atoms with Crippen molar-refractivity contribution in [2.24, 2.45) is 5.73 Å². The fourth-order valence-electron chi connectivity index (χ4n) is 0.467. The molecule has 0 aromatic rings. The van der Waals surface area contributed by atoms with Crippen LogP contribution in [0.2, 0.25) is 0 Å². The maximum absolute atomic E-state index is 10.4. The van der Waals surface area contributed by atoms with Crippen molar-refractivity contribution >= 4 is 22.0 Å². The second-order valence-corrected chi connectivity index (χ2v) is 3.56. The van der Waals surface area contributed by atoms with Crippen molar-refractivity contribution in [1.82, 2.24) is 4.90 Å². The van der Waals surface area contributed by atoms with Gasteiger partial charge in [0.05, 0.1) is 0 Å². The zero-order valence-electron chi connectivity index (χ0n) is 5.60. The lowest BCUT2D eigenvalue weighted by Gasteiger charge is -2.14. The lowest BCUT2D eigenvalue weighted by Crippen LogP contribution is -2.35. The number of primary amides is 1. The number of hydrogen-bond acceptors (Lipinski definition) is 1. The van der Waals surface area contributed by atoms with Gasteiger partial charge < -0.3 is 10.6 Å². The van der Waals surface area contributed by atoms with E-state index in [9.17, 15) is 4.79 Å². The van der Waals surface area contributed by atoms with Gasteiger partial charge in [-0.05, 0) is 0 Å². The Bertz CT molecular complexity index is 105. The van der Waals surface area contributed by atoms with Gasteiger partial charge in [-0.3, -0.25) is 0 Å². The van der Waals surface area contributed by atoms with Gasteiger partial charge >= 0.3 is 6.03 Å². The standard InChI is InChI=1S/C5H11BrN2O/c1-4(6)3-8(2)5(7)9/h4H,3H2,1-2H3,(H2,7,9). The summed E-state index contributed by atoms with van der Waals surface area (Å²) in [5, 5.41) is 0. The Morgan fingerprint density at radius 3 is 2.44 bits per heavy atom. The third-order valence-electron chi connectivity index (χ3n) is 0.902. The lowest BCUT2D eigenvalue weighted by molar-refractivity contribution is 0.219. The second-order valence-electron chi connectivity index (χ2n) is 2.00. The van der Waals surface area contributed by atoms with Crippen LogP contribution in [0.5, 0.6) is 0 Å². The first-order valence-electron chi connectivity index (χ1n) is 2.68. The lowest BCUT2D eigenvalue weighted by atomic mass is 10.4. The molecule has 0 aromatic carbocycles. The Labute approximate surface area is 63.3 Å². The van der Waals surface area contributed by atoms with E-state index in [1.165, 1.54) is 4.90 Å². The molecule has 2 N–H and O–H groups in total. The maximum atomic E-state index is 10.4. The number of alkyl halides is 1. The van der Waals surface area contributed by atoms with E-state index in [4.69, 9.17) is 5.73 Å². The van der Waals surface area contributed by atoms with Crippen molar-refractivity contribution in [2.45, 2.75) is 11.8 Å². The molecule has 0 rings (SSSR count). The molecule has 0 aliphatic rings. The van der Waals surface area contributed by atoms with E-state index in [0.29, 0.717) is 11.4 Å². The molecule has 3 nitrogen and oxygen atoms in total. The van der Waals surface area contributed by atoms with Gasteiger partial charge in [-0.25, -0.2) is 4.79 Å². The van der Waals surface area contributed by atoms with Crippen LogP contribution in [-0.4, -0.2) is 29.4 Å². The van der Waals surface area contributed by atoms with Crippen LogP contribution in [0.15, 0.2) is 0 Å². The Kier molecular flexibility index (Phi) is 3.61. The van der Waals surface area contributed by atoms with Crippen LogP contribution in [0.3, 0.4) is 0 Å². The van der Waals surface area contributed by atoms with Crippen LogP contribution >= 0.6 is 15.9 Å². The molecule has 54 valence electrons.